The largest absolute Gasteiger partial charge is 0.445 e. The summed E-state index contributed by atoms with van der Waals surface area (Å²) in [4.78, 5) is 24.4. The van der Waals surface area contributed by atoms with Gasteiger partial charge >= 0.3 is 11.9 Å². The van der Waals surface area contributed by atoms with Crippen LogP contribution >= 0.6 is 0 Å². The number of aryl methyl sites for hydroxylation is 1. The molecule has 0 amide bonds. The van der Waals surface area contributed by atoms with E-state index >= 15 is 0 Å². The van der Waals surface area contributed by atoms with Gasteiger partial charge in [0, 0.05) is 13.2 Å². The second-order valence-electron chi connectivity index (χ2n) is 7.73. The molecule has 1 N–H and O–H groups in total. The fourth-order valence-corrected chi connectivity index (χ4v) is 3.42. The van der Waals surface area contributed by atoms with Crippen LogP contribution in [0.1, 0.15) is 17.0 Å². The lowest BCUT2D eigenvalue weighted by molar-refractivity contribution is -0.138. The Bertz CT molecular complexity index is 1510. The van der Waals surface area contributed by atoms with Crippen LogP contribution in [-0.4, -0.2) is 19.3 Å². The maximum Gasteiger partial charge on any atom is 0.420 e. The van der Waals surface area contributed by atoms with E-state index in [4.69, 9.17) is 4.74 Å². The third-order valence-electron chi connectivity index (χ3n) is 5.26. The third kappa shape index (κ3) is 4.72. The molecule has 4 aromatic rings. The summed E-state index contributed by atoms with van der Waals surface area (Å²) in [6.07, 6.45) is -4.23. The minimum absolute atomic E-state index is 0.0303. The first-order chi connectivity index (χ1) is 16.5. The normalized spacial score (nSPS) is 11.6. The highest BCUT2D eigenvalue weighted by Gasteiger charge is 2.37. The Kier molecular flexibility index (Phi) is 6.05. The van der Waals surface area contributed by atoms with Gasteiger partial charge in [-0.15, -0.1) is 0 Å². The van der Waals surface area contributed by atoms with Gasteiger partial charge in [-0.1, -0.05) is 29.8 Å². The number of rotatable bonds is 5. The molecule has 0 spiro atoms. The van der Waals surface area contributed by atoms with Gasteiger partial charge < -0.3 is 9.30 Å². The zero-order valence-corrected chi connectivity index (χ0v) is 18.3. The molecule has 4 rings (SSSR count). The number of ether oxygens (including phenoxy) is 1. The molecule has 0 aliphatic carbocycles. The molecule has 35 heavy (non-hydrogen) atoms. The standard InChI is InChI=1S/C23H17F5N4O3/c1-12-4-3-5-13(8-12)14-9-16(24)20(17(25)10-14)35-19-15(23(26,27)28)6-7-32(21(19)33)11-18-29-30-22(34)31(18)2/h3-10H,11H2,1-2H3,(H,30,34). The number of halogens is 5. The van der Waals surface area contributed by atoms with E-state index in [0.717, 1.165) is 33.0 Å². The van der Waals surface area contributed by atoms with Crippen molar-refractivity contribution in [2.24, 2.45) is 7.05 Å². The average Bonchev–Trinajstić information content (AvgIpc) is 3.09. The van der Waals surface area contributed by atoms with Gasteiger partial charge in [-0.25, -0.2) is 18.7 Å². The summed E-state index contributed by atoms with van der Waals surface area (Å²) in [5, 5.41) is 5.83. The molecule has 0 radical (unpaired) electrons. The Morgan fingerprint density at radius 1 is 1.00 bits per heavy atom. The molecular weight excluding hydrogens is 475 g/mol. The van der Waals surface area contributed by atoms with Gasteiger partial charge in [0.2, 0.25) is 5.75 Å². The molecule has 0 unspecified atom stereocenters. The van der Waals surface area contributed by atoms with Gasteiger partial charge in [0.25, 0.3) is 5.56 Å². The number of aromatic nitrogens is 4. The predicted octanol–water partition coefficient (Wildman–Crippen LogP) is 4.38. The Hall–Kier alpha value is -4.22. The molecule has 0 aliphatic heterocycles. The number of benzene rings is 2. The van der Waals surface area contributed by atoms with Crippen molar-refractivity contribution in [2.75, 3.05) is 0 Å². The maximum atomic E-state index is 14.8. The average molecular weight is 492 g/mol. The number of nitrogens with zero attached hydrogens (tertiary/aromatic N) is 3. The molecule has 2 aromatic carbocycles. The molecule has 2 aromatic heterocycles. The summed E-state index contributed by atoms with van der Waals surface area (Å²) in [5.74, 6) is -5.03. The van der Waals surface area contributed by atoms with E-state index in [9.17, 15) is 31.5 Å². The number of pyridine rings is 1. The van der Waals surface area contributed by atoms with Crippen molar-refractivity contribution < 1.29 is 26.7 Å². The summed E-state index contributed by atoms with van der Waals surface area (Å²) in [6, 6.07) is 9.10. The fourth-order valence-electron chi connectivity index (χ4n) is 3.42. The zero-order valence-electron chi connectivity index (χ0n) is 18.3. The van der Waals surface area contributed by atoms with Crippen LogP contribution in [0.5, 0.6) is 11.5 Å². The van der Waals surface area contributed by atoms with Crippen molar-refractivity contribution in [3.63, 3.8) is 0 Å². The first-order valence-electron chi connectivity index (χ1n) is 10.1. The van der Waals surface area contributed by atoms with Gasteiger partial charge in [0.05, 0.1) is 6.54 Å². The second-order valence-corrected chi connectivity index (χ2v) is 7.73. The van der Waals surface area contributed by atoms with Crippen molar-refractivity contribution in [1.29, 1.82) is 0 Å². The maximum absolute atomic E-state index is 14.8. The Morgan fingerprint density at radius 2 is 1.69 bits per heavy atom. The van der Waals surface area contributed by atoms with Crippen LogP contribution in [-0.2, 0) is 19.8 Å². The SMILES string of the molecule is Cc1cccc(-c2cc(F)c(Oc3c(C(F)(F)F)ccn(Cc4n[nH]c(=O)n4C)c3=O)c(F)c2)c1. The van der Waals surface area contributed by atoms with Crippen molar-refractivity contribution >= 4 is 0 Å². The third-order valence-corrected chi connectivity index (χ3v) is 5.26. The van der Waals surface area contributed by atoms with Crippen molar-refractivity contribution in [1.82, 2.24) is 19.3 Å². The summed E-state index contributed by atoms with van der Waals surface area (Å²) < 4.78 is 77.3. The minimum atomic E-state index is -5.05. The molecule has 0 fully saturated rings. The Morgan fingerprint density at radius 3 is 2.26 bits per heavy atom. The quantitative estimate of drug-likeness (QED) is 0.419. The monoisotopic (exact) mass is 492 g/mol. The number of H-pyrrole nitrogens is 1. The lowest BCUT2D eigenvalue weighted by Gasteiger charge is -2.16. The topological polar surface area (TPSA) is 81.9 Å². The van der Waals surface area contributed by atoms with Gasteiger partial charge in [-0.2, -0.15) is 18.3 Å². The van der Waals surface area contributed by atoms with E-state index in [1.54, 1.807) is 31.2 Å². The summed E-state index contributed by atoms with van der Waals surface area (Å²) in [5.41, 5.74) is -1.99. The number of hydrogen-bond acceptors (Lipinski definition) is 4. The molecule has 0 saturated carbocycles. The highest BCUT2D eigenvalue weighted by molar-refractivity contribution is 5.65. The van der Waals surface area contributed by atoms with Crippen molar-refractivity contribution in [2.45, 2.75) is 19.6 Å². The van der Waals surface area contributed by atoms with Gasteiger partial charge in [-0.3, -0.25) is 9.36 Å². The molecule has 0 saturated heterocycles. The number of hydrogen-bond donors (Lipinski definition) is 1. The second kappa shape index (κ2) is 8.85. The highest BCUT2D eigenvalue weighted by Crippen LogP contribution is 2.38. The van der Waals surface area contributed by atoms with E-state index in [1.165, 1.54) is 7.05 Å². The smallest absolute Gasteiger partial charge is 0.420 e. The number of alkyl halides is 3. The molecule has 2 heterocycles. The van der Waals surface area contributed by atoms with Crippen molar-refractivity contribution in [3.05, 3.63) is 98.1 Å². The first-order valence-corrected chi connectivity index (χ1v) is 10.1. The number of aromatic amines is 1. The summed E-state index contributed by atoms with van der Waals surface area (Å²) >= 11 is 0. The van der Waals surface area contributed by atoms with E-state index < -0.39 is 52.7 Å². The van der Waals surface area contributed by atoms with Gasteiger partial charge in [0.15, 0.2) is 23.2 Å². The summed E-state index contributed by atoms with van der Waals surface area (Å²) in [7, 11) is 1.34. The van der Waals surface area contributed by atoms with Gasteiger partial charge in [-0.05, 0) is 36.2 Å². The zero-order chi connectivity index (χ0) is 25.5. The Balaban J connectivity index is 1.79. The molecule has 182 valence electrons. The van der Waals surface area contributed by atoms with Crippen LogP contribution in [0.25, 0.3) is 11.1 Å². The van der Waals surface area contributed by atoms with Crippen molar-refractivity contribution in [3.8, 4) is 22.6 Å². The van der Waals surface area contributed by atoms with E-state index in [0.29, 0.717) is 11.6 Å². The molecule has 7 nitrogen and oxygen atoms in total. The van der Waals surface area contributed by atoms with Crippen LogP contribution in [0.3, 0.4) is 0 Å². The molecular formula is C23H17F5N4O3. The lowest BCUT2D eigenvalue weighted by Crippen LogP contribution is -2.26. The van der Waals surface area contributed by atoms with Crippen LogP contribution < -0.4 is 16.0 Å². The molecule has 12 heteroatoms. The Labute approximate surface area is 194 Å². The molecule has 0 bridgehead atoms. The van der Waals surface area contributed by atoms with E-state index in [2.05, 4.69) is 10.2 Å². The number of nitrogens with one attached hydrogen (secondary N) is 1. The fraction of sp³-hybridized carbons (Fsp3) is 0.174. The van der Waals surface area contributed by atoms with Crippen LogP contribution in [0, 0.1) is 18.6 Å². The van der Waals surface area contributed by atoms with E-state index in [-0.39, 0.29) is 11.4 Å². The lowest BCUT2D eigenvalue weighted by atomic mass is 10.0. The van der Waals surface area contributed by atoms with Crippen LogP contribution in [0.4, 0.5) is 22.0 Å². The minimum Gasteiger partial charge on any atom is -0.445 e. The van der Waals surface area contributed by atoms with Crippen LogP contribution in [0.15, 0.2) is 58.3 Å². The summed E-state index contributed by atoms with van der Waals surface area (Å²) in [6.45, 7) is 1.38. The first kappa shape index (κ1) is 23.9. The van der Waals surface area contributed by atoms with Crippen LogP contribution in [0.2, 0.25) is 0 Å². The van der Waals surface area contributed by atoms with E-state index in [1.807, 2.05) is 0 Å². The predicted molar refractivity (Wildman–Crippen MR) is 115 cm³/mol. The van der Waals surface area contributed by atoms with Gasteiger partial charge in [0.1, 0.15) is 5.56 Å². The molecule has 0 aliphatic rings. The highest BCUT2D eigenvalue weighted by atomic mass is 19.4. The molecule has 0 atom stereocenters.